The summed E-state index contributed by atoms with van der Waals surface area (Å²) in [6.45, 7) is 3.35. The minimum absolute atomic E-state index is 0.650. The van der Waals surface area contributed by atoms with Crippen molar-refractivity contribution in [3.63, 3.8) is 0 Å². The predicted octanol–water partition coefficient (Wildman–Crippen LogP) is 1.27. The monoisotopic (exact) mass is 182 g/mol. The van der Waals surface area contributed by atoms with Crippen LogP contribution in [0.4, 0.5) is 0 Å². The van der Waals surface area contributed by atoms with Gasteiger partial charge in [0.1, 0.15) is 13.2 Å². The summed E-state index contributed by atoms with van der Waals surface area (Å²) in [4.78, 5) is 0. The molecule has 1 heterocycles. The van der Waals surface area contributed by atoms with E-state index in [9.17, 15) is 0 Å². The van der Waals surface area contributed by atoms with E-state index < -0.39 is 0 Å². The summed E-state index contributed by atoms with van der Waals surface area (Å²) in [6, 6.07) is 4.07. The van der Waals surface area contributed by atoms with E-state index in [0.717, 1.165) is 16.8 Å². The highest BCUT2D eigenvalue weighted by Crippen LogP contribution is 2.30. The normalized spacial score (nSPS) is 14.5. The Bertz CT molecular complexity index is 310. The van der Waals surface area contributed by atoms with Crippen molar-refractivity contribution in [2.75, 3.05) is 13.2 Å². The van der Waals surface area contributed by atoms with Crippen molar-refractivity contribution in [3.05, 3.63) is 17.7 Å². The summed E-state index contributed by atoms with van der Waals surface area (Å²) >= 11 is 0. The van der Waals surface area contributed by atoms with Crippen LogP contribution in [0.5, 0.6) is 11.5 Å². The van der Waals surface area contributed by atoms with Gasteiger partial charge in [-0.15, -0.1) is 9.24 Å². The number of aryl methyl sites for hydroxylation is 1. The summed E-state index contributed by atoms with van der Waals surface area (Å²) in [7, 11) is 2.66. The third-order valence-electron chi connectivity index (χ3n) is 1.82. The van der Waals surface area contributed by atoms with E-state index in [2.05, 4.69) is 15.3 Å². The summed E-state index contributed by atoms with van der Waals surface area (Å²) in [5, 5.41) is 1.07. The first kappa shape index (κ1) is 7.88. The summed E-state index contributed by atoms with van der Waals surface area (Å²) in [5.74, 6) is 1.74. The maximum atomic E-state index is 5.46. The van der Waals surface area contributed by atoms with Crippen LogP contribution in [0, 0.1) is 6.92 Å². The molecule has 1 unspecified atom stereocenters. The van der Waals surface area contributed by atoms with Crippen LogP contribution >= 0.6 is 9.24 Å². The molecule has 0 aliphatic carbocycles. The SMILES string of the molecule is Cc1cc(P)c2c(c1)OCCO2. The van der Waals surface area contributed by atoms with E-state index in [-0.39, 0.29) is 0 Å². The van der Waals surface area contributed by atoms with E-state index in [1.807, 2.05) is 13.0 Å². The Kier molecular flexibility index (Phi) is 1.93. The molecule has 0 saturated carbocycles. The number of rotatable bonds is 0. The molecule has 0 amide bonds. The number of hydrogen-bond acceptors (Lipinski definition) is 2. The van der Waals surface area contributed by atoms with E-state index in [0.29, 0.717) is 13.2 Å². The maximum Gasteiger partial charge on any atom is 0.168 e. The zero-order chi connectivity index (χ0) is 8.55. The second kappa shape index (κ2) is 2.95. The average Bonchev–Trinajstić information content (AvgIpc) is 2.04. The lowest BCUT2D eigenvalue weighted by Crippen LogP contribution is -2.19. The van der Waals surface area contributed by atoms with E-state index in [4.69, 9.17) is 9.47 Å². The summed E-state index contributed by atoms with van der Waals surface area (Å²) in [5.41, 5.74) is 1.20. The molecule has 0 fully saturated rings. The molecular formula is C9H11O2P. The van der Waals surface area contributed by atoms with Crippen LogP contribution < -0.4 is 14.8 Å². The molecular weight excluding hydrogens is 171 g/mol. The molecule has 1 atom stereocenters. The topological polar surface area (TPSA) is 18.5 Å². The van der Waals surface area contributed by atoms with Crippen LogP contribution in [0.2, 0.25) is 0 Å². The van der Waals surface area contributed by atoms with Gasteiger partial charge in [0.2, 0.25) is 0 Å². The lowest BCUT2D eigenvalue weighted by molar-refractivity contribution is 0.173. The predicted molar refractivity (Wildman–Crippen MR) is 51.5 cm³/mol. The van der Waals surface area contributed by atoms with Gasteiger partial charge in [-0.2, -0.15) is 0 Å². The second-order valence-corrected chi connectivity index (χ2v) is 3.50. The van der Waals surface area contributed by atoms with Gasteiger partial charge in [0.05, 0.1) is 0 Å². The molecule has 64 valence electrons. The van der Waals surface area contributed by atoms with Gasteiger partial charge in [-0.25, -0.2) is 0 Å². The Morgan fingerprint density at radius 2 is 2.00 bits per heavy atom. The van der Waals surface area contributed by atoms with Crippen molar-refractivity contribution >= 4 is 14.5 Å². The van der Waals surface area contributed by atoms with Crippen LogP contribution in [0.25, 0.3) is 0 Å². The van der Waals surface area contributed by atoms with Crippen LogP contribution in [-0.4, -0.2) is 13.2 Å². The molecule has 12 heavy (non-hydrogen) atoms. The molecule has 0 aromatic heterocycles. The second-order valence-electron chi connectivity index (χ2n) is 2.88. The van der Waals surface area contributed by atoms with Crippen molar-refractivity contribution in [1.29, 1.82) is 0 Å². The third kappa shape index (κ3) is 1.27. The fourth-order valence-corrected chi connectivity index (χ4v) is 1.81. The van der Waals surface area contributed by atoms with Gasteiger partial charge in [0.15, 0.2) is 11.5 Å². The first-order valence-corrected chi connectivity index (χ1v) is 4.51. The van der Waals surface area contributed by atoms with Gasteiger partial charge >= 0.3 is 0 Å². The Hall–Kier alpha value is -0.750. The largest absolute Gasteiger partial charge is 0.486 e. The van der Waals surface area contributed by atoms with Gasteiger partial charge in [0.25, 0.3) is 0 Å². The molecule has 0 N–H and O–H groups in total. The molecule has 2 rings (SSSR count). The lowest BCUT2D eigenvalue weighted by Gasteiger charge is -2.20. The lowest BCUT2D eigenvalue weighted by atomic mass is 10.2. The number of fused-ring (bicyclic) bond motifs is 1. The van der Waals surface area contributed by atoms with Crippen molar-refractivity contribution in [3.8, 4) is 11.5 Å². The highest BCUT2D eigenvalue weighted by atomic mass is 31.0. The molecule has 1 aromatic rings. The molecule has 2 nitrogen and oxygen atoms in total. The molecule has 1 aliphatic heterocycles. The van der Waals surface area contributed by atoms with E-state index in [1.54, 1.807) is 0 Å². The highest BCUT2D eigenvalue weighted by molar-refractivity contribution is 7.27. The average molecular weight is 182 g/mol. The molecule has 0 radical (unpaired) electrons. The molecule has 1 aliphatic rings. The molecule has 0 bridgehead atoms. The fraction of sp³-hybridized carbons (Fsp3) is 0.333. The van der Waals surface area contributed by atoms with Gasteiger partial charge in [-0.1, -0.05) is 0 Å². The van der Waals surface area contributed by atoms with E-state index in [1.165, 1.54) is 5.56 Å². The standard InChI is InChI=1S/C9H11O2P/c1-6-4-7-9(8(12)5-6)11-3-2-10-7/h4-5H,2-3,12H2,1H3. The third-order valence-corrected chi connectivity index (χ3v) is 2.24. The quantitative estimate of drug-likeness (QED) is 0.562. The smallest absolute Gasteiger partial charge is 0.168 e. The summed E-state index contributed by atoms with van der Waals surface area (Å²) < 4.78 is 10.9. The van der Waals surface area contributed by atoms with Crippen molar-refractivity contribution < 1.29 is 9.47 Å². The van der Waals surface area contributed by atoms with Gasteiger partial charge < -0.3 is 9.47 Å². The number of ether oxygens (including phenoxy) is 2. The van der Waals surface area contributed by atoms with Crippen LogP contribution in [0.15, 0.2) is 12.1 Å². The first-order valence-electron chi connectivity index (χ1n) is 3.93. The Balaban J connectivity index is 2.53. The number of hydrogen-bond donors (Lipinski definition) is 0. The van der Waals surface area contributed by atoms with E-state index >= 15 is 0 Å². The van der Waals surface area contributed by atoms with Gasteiger partial charge in [-0.3, -0.25) is 0 Å². The molecule has 3 heteroatoms. The zero-order valence-corrected chi connectivity index (χ0v) is 8.12. The minimum Gasteiger partial charge on any atom is -0.486 e. The van der Waals surface area contributed by atoms with Crippen LogP contribution in [0.1, 0.15) is 5.56 Å². The fourth-order valence-electron chi connectivity index (χ4n) is 1.32. The first-order chi connectivity index (χ1) is 5.77. The van der Waals surface area contributed by atoms with Crippen molar-refractivity contribution in [2.45, 2.75) is 6.92 Å². The minimum atomic E-state index is 0.650. The molecule has 0 spiro atoms. The van der Waals surface area contributed by atoms with Crippen molar-refractivity contribution in [1.82, 2.24) is 0 Å². The van der Waals surface area contributed by atoms with Gasteiger partial charge in [-0.05, 0) is 24.6 Å². The molecule has 0 saturated heterocycles. The van der Waals surface area contributed by atoms with Crippen molar-refractivity contribution in [2.24, 2.45) is 0 Å². The maximum absolute atomic E-state index is 5.46. The Labute approximate surface area is 74.1 Å². The van der Waals surface area contributed by atoms with Gasteiger partial charge in [0, 0.05) is 5.30 Å². The number of benzene rings is 1. The zero-order valence-electron chi connectivity index (χ0n) is 6.96. The Morgan fingerprint density at radius 3 is 2.83 bits per heavy atom. The molecule has 1 aromatic carbocycles. The summed E-state index contributed by atoms with van der Waals surface area (Å²) in [6.07, 6.45) is 0. The Morgan fingerprint density at radius 1 is 1.25 bits per heavy atom. The highest BCUT2D eigenvalue weighted by Gasteiger charge is 2.13. The van der Waals surface area contributed by atoms with Crippen LogP contribution in [0.3, 0.4) is 0 Å². The van der Waals surface area contributed by atoms with Crippen LogP contribution in [-0.2, 0) is 0 Å².